The number of hydrogen-bond acceptors (Lipinski definition) is 5. The predicted octanol–water partition coefficient (Wildman–Crippen LogP) is 3.54. The van der Waals surface area contributed by atoms with E-state index in [1.54, 1.807) is 36.4 Å². The number of para-hydroxylation sites is 2. The Labute approximate surface area is 154 Å². The summed E-state index contributed by atoms with van der Waals surface area (Å²) in [6, 6.07) is 12.9. The molecule has 0 atom stereocenters. The number of amides is 1. The summed E-state index contributed by atoms with van der Waals surface area (Å²) in [4.78, 5) is 12.1. The van der Waals surface area contributed by atoms with Crippen LogP contribution in [0.2, 0.25) is 0 Å². The number of aromatic hydroxyl groups is 1. The predicted molar refractivity (Wildman–Crippen MR) is 98.6 cm³/mol. The maximum absolute atomic E-state index is 13.6. The molecule has 0 saturated heterocycles. The summed E-state index contributed by atoms with van der Waals surface area (Å²) in [6.45, 7) is 2.50. The number of anilines is 1. The van der Waals surface area contributed by atoms with Crippen LogP contribution in [0.3, 0.4) is 0 Å². The molecule has 0 fully saturated rings. The van der Waals surface area contributed by atoms with Crippen molar-refractivity contribution >= 4 is 23.4 Å². The Morgan fingerprint density at radius 3 is 2.65 bits per heavy atom. The van der Waals surface area contributed by atoms with Gasteiger partial charge in [-0.1, -0.05) is 36.0 Å². The van der Waals surface area contributed by atoms with Gasteiger partial charge in [-0.05, 0) is 31.2 Å². The first-order valence-electron chi connectivity index (χ1n) is 7.99. The highest BCUT2D eigenvalue weighted by Gasteiger charge is 2.17. The van der Waals surface area contributed by atoms with E-state index in [1.807, 2.05) is 11.5 Å². The minimum atomic E-state index is -0.482. The van der Waals surface area contributed by atoms with Crippen LogP contribution in [0.25, 0.3) is 11.4 Å². The number of halogens is 1. The van der Waals surface area contributed by atoms with Gasteiger partial charge in [0, 0.05) is 6.54 Å². The van der Waals surface area contributed by atoms with Crippen LogP contribution in [0, 0.1) is 5.82 Å². The van der Waals surface area contributed by atoms with Crippen LogP contribution >= 0.6 is 11.8 Å². The molecule has 3 aromatic rings. The molecule has 0 saturated carbocycles. The second kappa shape index (κ2) is 8.01. The molecule has 134 valence electrons. The van der Waals surface area contributed by atoms with Crippen molar-refractivity contribution in [2.24, 2.45) is 0 Å². The van der Waals surface area contributed by atoms with Crippen molar-refractivity contribution in [1.29, 1.82) is 0 Å². The Bertz CT molecular complexity index is 929. The van der Waals surface area contributed by atoms with Crippen LogP contribution in [0.5, 0.6) is 5.75 Å². The lowest BCUT2D eigenvalue weighted by atomic mass is 10.2. The van der Waals surface area contributed by atoms with Crippen molar-refractivity contribution < 1.29 is 14.3 Å². The number of phenols is 1. The highest BCUT2D eigenvalue weighted by Crippen LogP contribution is 2.30. The van der Waals surface area contributed by atoms with Gasteiger partial charge in [0.2, 0.25) is 5.91 Å². The fraction of sp³-hybridized carbons (Fsp3) is 0.167. The van der Waals surface area contributed by atoms with Gasteiger partial charge in [0.05, 0.1) is 17.0 Å². The number of thioether (sulfide) groups is 1. The van der Waals surface area contributed by atoms with E-state index >= 15 is 0 Å². The number of rotatable bonds is 6. The van der Waals surface area contributed by atoms with Gasteiger partial charge in [0.15, 0.2) is 11.0 Å². The van der Waals surface area contributed by atoms with Crippen LogP contribution < -0.4 is 5.32 Å². The molecule has 6 nitrogen and oxygen atoms in total. The number of nitrogens with zero attached hydrogens (tertiary/aromatic N) is 3. The second-order valence-electron chi connectivity index (χ2n) is 5.38. The average molecular weight is 372 g/mol. The molecule has 0 unspecified atom stereocenters. The molecule has 1 amide bonds. The molecule has 0 aliphatic rings. The highest BCUT2D eigenvalue weighted by atomic mass is 32.2. The summed E-state index contributed by atoms with van der Waals surface area (Å²) in [5.41, 5.74) is 0.717. The Hall–Kier alpha value is -2.87. The van der Waals surface area contributed by atoms with E-state index in [4.69, 9.17) is 0 Å². The fourth-order valence-electron chi connectivity index (χ4n) is 2.42. The molecular formula is C18H17FN4O2S. The van der Waals surface area contributed by atoms with Gasteiger partial charge in [-0.3, -0.25) is 4.79 Å². The molecule has 26 heavy (non-hydrogen) atoms. The van der Waals surface area contributed by atoms with Gasteiger partial charge >= 0.3 is 0 Å². The molecule has 8 heteroatoms. The van der Waals surface area contributed by atoms with Crippen molar-refractivity contribution in [3.05, 3.63) is 54.3 Å². The smallest absolute Gasteiger partial charge is 0.234 e. The van der Waals surface area contributed by atoms with Gasteiger partial charge in [0.1, 0.15) is 11.6 Å². The van der Waals surface area contributed by atoms with Crippen molar-refractivity contribution in [2.75, 3.05) is 11.1 Å². The SMILES string of the molecule is CCn1c(SCC(=O)Nc2ccccc2F)nnc1-c1ccccc1O. The molecule has 2 N–H and O–H groups in total. The van der Waals surface area contributed by atoms with Gasteiger partial charge in [-0.2, -0.15) is 0 Å². The van der Waals surface area contributed by atoms with Crippen LogP contribution in [-0.4, -0.2) is 31.5 Å². The Kier molecular flexibility index (Phi) is 5.52. The topological polar surface area (TPSA) is 80.0 Å². The number of carbonyl (C=O) groups is 1. The maximum atomic E-state index is 13.6. The summed E-state index contributed by atoms with van der Waals surface area (Å²) in [7, 11) is 0. The summed E-state index contributed by atoms with van der Waals surface area (Å²) >= 11 is 1.20. The molecule has 3 rings (SSSR count). The Morgan fingerprint density at radius 1 is 1.19 bits per heavy atom. The van der Waals surface area contributed by atoms with E-state index in [9.17, 15) is 14.3 Å². The molecule has 1 heterocycles. The van der Waals surface area contributed by atoms with Crippen LogP contribution in [0.1, 0.15) is 6.92 Å². The molecule has 0 aliphatic heterocycles. The van der Waals surface area contributed by atoms with Crippen LogP contribution in [0.15, 0.2) is 53.7 Å². The molecular weight excluding hydrogens is 355 g/mol. The monoisotopic (exact) mass is 372 g/mol. The molecule has 0 spiro atoms. The average Bonchev–Trinajstić information content (AvgIpc) is 3.05. The lowest BCUT2D eigenvalue weighted by Gasteiger charge is -2.09. The lowest BCUT2D eigenvalue weighted by Crippen LogP contribution is -2.15. The number of phenolic OH excluding ortho intramolecular Hbond substituents is 1. The van der Waals surface area contributed by atoms with Gasteiger partial charge in [0.25, 0.3) is 0 Å². The van der Waals surface area contributed by atoms with Crippen molar-refractivity contribution in [3.63, 3.8) is 0 Å². The second-order valence-corrected chi connectivity index (χ2v) is 6.33. The molecule has 0 radical (unpaired) electrons. The summed E-state index contributed by atoms with van der Waals surface area (Å²) in [6.07, 6.45) is 0. The zero-order valence-corrected chi connectivity index (χ0v) is 14.8. The maximum Gasteiger partial charge on any atom is 0.234 e. The highest BCUT2D eigenvalue weighted by molar-refractivity contribution is 7.99. The Morgan fingerprint density at radius 2 is 1.92 bits per heavy atom. The molecule has 0 aliphatic carbocycles. The van der Waals surface area contributed by atoms with Crippen molar-refractivity contribution in [3.8, 4) is 17.1 Å². The van der Waals surface area contributed by atoms with E-state index in [0.29, 0.717) is 23.1 Å². The van der Waals surface area contributed by atoms with Crippen LogP contribution in [-0.2, 0) is 11.3 Å². The molecule has 1 aromatic heterocycles. The summed E-state index contributed by atoms with van der Waals surface area (Å²) < 4.78 is 15.4. The minimum absolute atomic E-state index is 0.0627. The third-order valence-electron chi connectivity index (χ3n) is 3.66. The van der Waals surface area contributed by atoms with E-state index in [-0.39, 0.29) is 23.1 Å². The van der Waals surface area contributed by atoms with Crippen molar-refractivity contribution in [2.45, 2.75) is 18.6 Å². The van der Waals surface area contributed by atoms with E-state index < -0.39 is 5.82 Å². The molecule has 0 bridgehead atoms. The van der Waals surface area contributed by atoms with Gasteiger partial charge < -0.3 is 15.0 Å². The summed E-state index contributed by atoms with van der Waals surface area (Å²) in [5, 5.41) is 21.3. The third kappa shape index (κ3) is 3.85. The summed E-state index contributed by atoms with van der Waals surface area (Å²) in [5.74, 6) is -0.113. The van der Waals surface area contributed by atoms with E-state index in [0.717, 1.165) is 0 Å². The number of benzene rings is 2. The largest absolute Gasteiger partial charge is 0.507 e. The quantitative estimate of drug-likeness (QED) is 0.647. The van der Waals surface area contributed by atoms with Crippen molar-refractivity contribution in [1.82, 2.24) is 14.8 Å². The zero-order valence-electron chi connectivity index (χ0n) is 14.0. The lowest BCUT2D eigenvalue weighted by molar-refractivity contribution is -0.113. The van der Waals surface area contributed by atoms with E-state index in [1.165, 1.54) is 23.9 Å². The normalized spacial score (nSPS) is 10.7. The third-order valence-corrected chi connectivity index (χ3v) is 4.63. The standard InChI is InChI=1S/C18H17FN4O2S/c1-2-23-17(12-7-3-6-10-15(12)24)21-22-18(23)26-11-16(25)20-14-9-5-4-8-13(14)19/h3-10,24H,2,11H2,1H3,(H,20,25). The first-order chi connectivity index (χ1) is 12.6. The zero-order chi connectivity index (χ0) is 18.5. The van der Waals surface area contributed by atoms with Gasteiger partial charge in [-0.25, -0.2) is 4.39 Å². The fourth-order valence-corrected chi connectivity index (χ4v) is 3.22. The number of aromatic nitrogens is 3. The van der Waals surface area contributed by atoms with E-state index in [2.05, 4.69) is 15.5 Å². The first-order valence-corrected chi connectivity index (χ1v) is 8.97. The number of carbonyl (C=O) groups excluding carboxylic acids is 1. The molecule has 2 aromatic carbocycles. The Balaban J connectivity index is 1.72. The number of hydrogen-bond donors (Lipinski definition) is 2. The number of nitrogens with one attached hydrogen (secondary N) is 1. The minimum Gasteiger partial charge on any atom is -0.507 e. The van der Waals surface area contributed by atoms with Gasteiger partial charge in [-0.15, -0.1) is 10.2 Å². The first kappa shape index (κ1) is 17.9. The van der Waals surface area contributed by atoms with Crippen LogP contribution in [0.4, 0.5) is 10.1 Å².